The first-order chi connectivity index (χ1) is 7.07. The third kappa shape index (κ3) is 3.85. The van der Waals surface area contributed by atoms with Gasteiger partial charge in [-0.1, -0.05) is 13.5 Å². The lowest BCUT2D eigenvalue weighted by Crippen LogP contribution is -2.36. The van der Waals surface area contributed by atoms with Crippen LogP contribution >= 0.6 is 0 Å². The Morgan fingerprint density at radius 3 is 3.00 bits per heavy atom. The van der Waals surface area contributed by atoms with Crippen molar-refractivity contribution in [2.75, 3.05) is 6.54 Å². The van der Waals surface area contributed by atoms with Crippen molar-refractivity contribution in [2.24, 2.45) is 0 Å². The Kier molecular flexibility index (Phi) is 4.05. The van der Waals surface area contributed by atoms with Crippen molar-refractivity contribution in [1.82, 2.24) is 15.1 Å². The van der Waals surface area contributed by atoms with E-state index in [9.17, 15) is 5.11 Å². The van der Waals surface area contributed by atoms with Crippen LogP contribution in [0.4, 0.5) is 0 Å². The minimum atomic E-state index is -0.631. The molecule has 0 radical (unpaired) electrons. The van der Waals surface area contributed by atoms with Gasteiger partial charge in [-0.2, -0.15) is 5.10 Å². The van der Waals surface area contributed by atoms with E-state index in [4.69, 9.17) is 0 Å². The van der Waals surface area contributed by atoms with Crippen molar-refractivity contribution in [3.8, 4) is 0 Å². The minimum absolute atomic E-state index is 0.586. The van der Waals surface area contributed by atoms with Crippen molar-refractivity contribution >= 4 is 6.20 Å². The van der Waals surface area contributed by atoms with E-state index in [2.05, 4.69) is 17.0 Å². The smallest absolute Gasteiger partial charge is 0.0741 e. The van der Waals surface area contributed by atoms with Gasteiger partial charge in [0.15, 0.2) is 0 Å². The van der Waals surface area contributed by atoms with E-state index in [0.717, 1.165) is 12.0 Å². The Labute approximate surface area is 90.6 Å². The van der Waals surface area contributed by atoms with Crippen LogP contribution in [0.15, 0.2) is 19.0 Å². The maximum Gasteiger partial charge on any atom is 0.0741 e. The van der Waals surface area contributed by atoms with E-state index < -0.39 is 5.60 Å². The van der Waals surface area contributed by atoms with Gasteiger partial charge >= 0.3 is 0 Å². The lowest BCUT2D eigenvalue weighted by molar-refractivity contribution is 0.0555. The summed E-state index contributed by atoms with van der Waals surface area (Å²) in [6.45, 7) is 8.71. The van der Waals surface area contributed by atoms with Crippen molar-refractivity contribution < 1.29 is 5.11 Å². The zero-order valence-electron chi connectivity index (χ0n) is 9.40. The van der Waals surface area contributed by atoms with E-state index in [1.54, 1.807) is 17.1 Å². The molecule has 0 amide bonds. The first-order valence-corrected chi connectivity index (χ1v) is 5.16. The highest BCUT2D eigenvalue weighted by Crippen LogP contribution is 2.06. The van der Waals surface area contributed by atoms with Crippen LogP contribution in [-0.2, 0) is 6.54 Å². The molecular weight excluding hydrogens is 190 g/mol. The quantitative estimate of drug-likeness (QED) is 0.741. The Morgan fingerprint density at radius 1 is 1.73 bits per heavy atom. The summed E-state index contributed by atoms with van der Waals surface area (Å²) in [5.74, 6) is 0. The zero-order valence-corrected chi connectivity index (χ0v) is 9.40. The number of aromatic nitrogens is 2. The fraction of sp³-hybridized carbons (Fsp3) is 0.545. The Balaban J connectivity index is 2.34. The standard InChI is InChI=1S/C11H19N3O/c1-4-11(3,15)9-12-6-10-7-13-14(5-2)8-10/h5,7-8,12,15H,2,4,6,9H2,1,3H3. The van der Waals surface area contributed by atoms with Crippen molar-refractivity contribution in [2.45, 2.75) is 32.4 Å². The van der Waals surface area contributed by atoms with E-state index >= 15 is 0 Å². The lowest BCUT2D eigenvalue weighted by Gasteiger charge is -2.21. The molecule has 1 atom stereocenters. The summed E-state index contributed by atoms with van der Waals surface area (Å²) in [6, 6.07) is 0. The molecule has 1 rings (SSSR count). The number of hydrogen-bond acceptors (Lipinski definition) is 3. The van der Waals surface area contributed by atoms with Gasteiger partial charge in [-0.05, 0) is 13.3 Å². The normalized spacial score (nSPS) is 14.9. The topological polar surface area (TPSA) is 50.1 Å². The van der Waals surface area contributed by atoms with Gasteiger partial charge in [-0.15, -0.1) is 0 Å². The summed E-state index contributed by atoms with van der Waals surface area (Å²) in [5.41, 5.74) is 0.454. The summed E-state index contributed by atoms with van der Waals surface area (Å²) in [7, 11) is 0. The van der Waals surface area contributed by atoms with Crippen molar-refractivity contribution in [1.29, 1.82) is 0 Å². The molecule has 0 spiro atoms. The SMILES string of the molecule is C=Cn1cc(CNCC(C)(O)CC)cn1. The molecule has 1 aromatic heterocycles. The fourth-order valence-corrected chi connectivity index (χ4v) is 1.17. The summed E-state index contributed by atoms with van der Waals surface area (Å²) in [6.07, 6.45) is 6.08. The second kappa shape index (κ2) is 5.09. The molecule has 4 nitrogen and oxygen atoms in total. The molecule has 0 aliphatic heterocycles. The average Bonchev–Trinajstić information content (AvgIpc) is 2.66. The molecule has 84 valence electrons. The number of nitrogens with zero attached hydrogens (tertiary/aromatic N) is 2. The predicted octanol–water partition coefficient (Wildman–Crippen LogP) is 1.23. The summed E-state index contributed by atoms with van der Waals surface area (Å²) >= 11 is 0. The number of aliphatic hydroxyl groups is 1. The second-order valence-corrected chi connectivity index (χ2v) is 3.97. The molecule has 2 N–H and O–H groups in total. The molecule has 4 heteroatoms. The Hall–Kier alpha value is -1.13. The number of nitrogens with one attached hydrogen (secondary N) is 1. The second-order valence-electron chi connectivity index (χ2n) is 3.97. The van der Waals surface area contributed by atoms with Gasteiger partial charge in [0.2, 0.25) is 0 Å². The van der Waals surface area contributed by atoms with E-state index in [-0.39, 0.29) is 0 Å². The van der Waals surface area contributed by atoms with E-state index in [1.165, 1.54) is 0 Å². The highest BCUT2D eigenvalue weighted by Gasteiger charge is 2.16. The van der Waals surface area contributed by atoms with Gasteiger partial charge in [0, 0.05) is 31.0 Å². The maximum absolute atomic E-state index is 9.75. The van der Waals surface area contributed by atoms with Crippen LogP contribution in [-0.4, -0.2) is 27.0 Å². The molecule has 0 bridgehead atoms. The first kappa shape index (κ1) is 11.9. The van der Waals surface area contributed by atoms with Gasteiger partial charge in [0.05, 0.1) is 11.8 Å². The van der Waals surface area contributed by atoms with Gasteiger partial charge in [-0.3, -0.25) is 0 Å². The van der Waals surface area contributed by atoms with Crippen LogP contribution in [0.5, 0.6) is 0 Å². The summed E-state index contributed by atoms with van der Waals surface area (Å²) < 4.78 is 1.66. The first-order valence-electron chi connectivity index (χ1n) is 5.16. The summed E-state index contributed by atoms with van der Waals surface area (Å²) in [4.78, 5) is 0. The van der Waals surface area contributed by atoms with Crippen LogP contribution in [0.3, 0.4) is 0 Å². The molecular formula is C11H19N3O. The van der Waals surface area contributed by atoms with Crippen LogP contribution in [0.1, 0.15) is 25.8 Å². The molecule has 0 fully saturated rings. The predicted molar refractivity (Wildman–Crippen MR) is 61.2 cm³/mol. The van der Waals surface area contributed by atoms with Gasteiger partial charge < -0.3 is 10.4 Å². The van der Waals surface area contributed by atoms with E-state index in [0.29, 0.717) is 13.1 Å². The molecule has 0 saturated carbocycles. The fourth-order valence-electron chi connectivity index (χ4n) is 1.17. The van der Waals surface area contributed by atoms with Crippen LogP contribution in [0, 0.1) is 0 Å². The van der Waals surface area contributed by atoms with E-state index in [1.807, 2.05) is 20.0 Å². The van der Waals surface area contributed by atoms with Crippen LogP contribution in [0.25, 0.3) is 6.20 Å². The van der Waals surface area contributed by atoms with Gasteiger partial charge in [0.1, 0.15) is 0 Å². The number of rotatable bonds is 6. The molecule has 0 aliphatic rings. The van der Waals surface area contributed by atoms with Gasteiger partial charge in [-0.25, -0.2) is 4.68 Å². The van der Waals surface area contributed by atoms with Crippen molar-refractivity contribution in [3.05, 3.63) is 24.5 Å². The molecule has 15 heavy (non-hydrogen) atoms. The third-order valence-corrected chi connectivity index (χ3v) is 2.44. The largest absolute Gasteiger partial charge is 0.389 e. The monoisotopic (exact) mass is 209 g/mol. The van der Waals surface area contributed by atoms with Gasteiger partial charge in [0.25, 0.3) is 0 Å². The molecule has 0 aliphatic carbocycles. The highest BCUT2D eigenvalue weighted by atomic mass is 16.3. The number of hydrogen-bond donors (Lipinski definition) is 2. The molecule has 0 saturated heterocycles. The molecule has 0 aromatic carbocycles. The highest BCUT2D eigenvalue weighted by molar-refractivity contribution is 5.17. The Morgan fingerprint density at radius 2 is 2.47 bits per heavy atom. The zero-order chi connectivity index (χ0) is 11.3. The summed E-state index contributed by atoms with van der Waals surface area (Å²) in [5, 5.41) is 17.0. The average molecular weight is 209 g/mol. The van der Waals surface area contributed by atoms with Crippen LogP contribution in [0.2, 0.25) is 0 Å². The molecule has 1 heterocycles. The molecule has 1 unspecified atom stereocenters. The third-order valence-electron chi connectivity index (χ3n) is 2.44. The van der Waals surface area contributed by atoms with Crippen molar-refractivity contribution in [3.63, 3.8) is 0 Å². The maximum atomic E-state index is 9.75. The molecule has 1 aromatic rings. The van der Waals surface area contributed by atoms with Crippen LogP contribution < -0.4 is 5.32 Å². The lowest BCUT2D eigenvalue weighted by atomic mass is 10.0. The Bertz CT molecular complexity index is 317. The minimum Gasteiger partial charge on any atom is -0.389 e.